The topological polar surface area (TPSA) is 131 Å². The molecule has 0 spiro atoms. The highest BCUT2D eigenvalue weighted by Crippen LogP contribution is 2.41. The van der Waals surface area contributed by atoms with Gasteiger partial charge in [0.1, 0.15) is 18.1 Å². The predicted molar refractivity (Wildman–Crippen MR) is 127 cm³/mol. The van der Waals surface area contributed by atoms with Crippen LogP contribution in [0.2, 0.25) is 5.02 Å². The quantitative estimate of drug-likeness (QED) is 0.342. The SMILES string of the molecule is O=C1c2ccc(OCc3cccc(-c4ccc(Cl)c(O)c4)c3)cc2CN1C1CC(O)(O)C(O)(O)C1. The Labute approximate surface area is 206 Å². The number of carbonyl (C=O) groups excluding carboxylic acids is 1. The van der Waals surface area contributed by atoms with Crippen LogP contribution in [0.25, 0.3) is 11.1 Å². The van der Waals surface area contributed by atoms with Crippen LogP contribution >= 0.6 is 11.6 Å². The minimum Gasteiger partial charge on any atom is -0.506 e. The summed E-state index contributed by atoms with van der Waals surface area (Å²) in [5, 5.41) is 49.7. The molecule has 0 saturated heterocycles. The second-order valence-electron chi connectivity index (χ2n) is 9.10. The van der Waals surface area contributed by atoms with Gasteiger partial charge in [0.15, 0.2) is 0 Å². The maximum atomic E-state index is 12.8. The molecular weight excluding hydrogens is 474 g/mol. The molecule has 35 heavy (non-hydrogen) atoms. The molecule has 1 aliphatic carbocycles. The highest BCUT2D eigenvalue weighted by Gasteiger charge is 2.58. The Kier molecular flexibility index (Phi) is 5.74. The maximum Gasteiger partial charge on any atom is 0.254 e. The van der Waals surface area contributed by atoms with E-state index in [0.717, 1.165) is 16.7 Å². The number of halogens is 1. The van der Waals surface area contributed by atoms with Gasteiger partial charge in [0.05, 0.1) is 5.02 Å². The number of phenolic OH excluding ortho intramolecular Hbond substituents is 1. The summed E-state index contributed by atoms with van der Waals surface area (Å²) in [5.74, 6) is -5.08. The molecule has 1 amide bonds. The molecule has 0 radical (unpaired) electrons. The van der Waals surface area contributed by atoms with Crippen molar-refractivity contribution in [1.29, 1.82) is 0 Å². The van der Waals surface area contributed by atoms with Crippen molar-refractivity contribution in [3.05, 3.63) is 82.4 Å². The van der Waals surface area contributed by atoms with Crippen LogP contribution in [0.15, 0.2) is 60.7 Å². The van der Waals surface area contributed by atoms with E-state index in [4.69, 9.17) is 16.3 Å². The molecule has 5 N–H and O–H groups in total. The number of ether oxygens (including phenoxy) is 1. The van der Waals surface area contributed by atoms with Crippen LogP contribution in [-0.2, 0) is 13.2 Å². The standard InChI is InChI=1S/C26H24ClNO7/c27-22-7-4-17(10-23(22)29)16-3-1-2-15(8-16)14-35-20-5-6-21-18(9-20)13-28(24(21)30)19-11-25(31,32)26(33,34)12-19/h1-10,19,29,31-34H,11-14H2. The summed E-state index contributed by atoms with van der Waals surface area (Å²) in [5.41, 5.74) is 3.81. The van der Waals surface area contributed by atoms with E-state index in [1.54, 1.807) is 30.3 Å². The Bertz CT molecular complexity index is 1290. The number of phenols is 1. The minimum absolute atomic E-state index is 0.0116. The summed E-state index contributed by atoms with van der Waals surface area (Å²) in [6.45, 7) is 0.485. The summed E-state index contributed by atoms with van der Waals surface area (Å²) >= 11 is 5.90. The molecule has 1 fully saturated rings. The molecule has 0 aromatic heterocycles. The molecule has 1 saturated carbocycles. The Morgan fingerprint density at radius 2 is 1.66 bits per heavy atom. The van der Waals surface area contributed by atoms with Crippen molar-refractivity contribution < 1.29 is 35.1 Å². The van der Waals surface area contributed by atoms with Gasteiger partial charge in [-0.15, -0.1) is 0 Å². The maximum absolute atomic E-state index is 12.8. The van der Waals surface area contributed by atoms with E-state index in [1.165, 1.54) is 4.90 Å². The second-order valence-corrected chi connectivity index (χ2v) is 9.51. The van der Waals surface area contributed by atoms with Crippen molar-refractivity contribution in [3.63, 3.8) is 0 Å². The molecule has 0 atom stereocenters. The first-order valence-electron chi connectivity index (χ1n) is 11.1. The van der Waals surface area contributed by atoms with Gasteiger partial charge in [-0.05, 0) is 58.7 Å². The summed E-state index contributed by atoms with van der Waals surface area (Å²) < 4.78 is 5.95. The Balaban J connectivity index is 1.28. The third-order valence-corrected chi connectivity index (χ3v) is 6.96. The number of nitrogens with zero attached hydrogens (tertiary/aromatic N) is 1. The fourth-order valence-electron chi connectivity index (χ4n) is 4.68. The van der Waals surface area contributed by atoms with Crippen molar-refractivity contribution in [1.82, 2.24) is 4.90 Å². The van der Waals surface area contributed by atoms with Crippen LogP contribution < -0.4 is 4.74 Å². The van der Waals surface area contributed by atoms with Gasteiger partial charge in [-0.1, -0.05) is 35.9 Å². The summed E-state index contributed by atoms with van der Waals surface area (Å²) in [6, 6.07) is 17.1. The van der Waals surface area contributed by atoms with Crippen molar-refractivity contribution in [2.24, 2.45) is 0 Å². The van der Waals surface area contributed by atoms with Gasteiger partial charge >= 0.3 is 0 Å². The molecule has 3 aromatic carbocycles. The average molecular weight is 498 g/mol. The fourth-order valence-corrected chi connectivity index (χ4v) is 4.80. The van der Waals surface area contributed by atoms with Gasteiger partial charge in [0.25, 0.3) is 5.91 Å². The zero-order valence-electron chi connectivity index (χ0n) is 18.6. The van der Waals surface area contributed by atoms with Crippen molar-refractivity contribution in [2.75, 3.05) is 0 Å². The number of amides is 1. The van der Waals surface area contributed by atoms with E-state index >= 15 is 0 Å². The monoisotopic (exact) mass is 497 g/mol. The Morgan fingerprint density at radius 3 is 2.37 bits per heavy atom. The molecule has 1 heterocycles. The number of hydrogen-bond acceptors (Lipinski definition) is 7. The van der Waals surface area contributed by atoms with E-state index in [1.807, 2.05) is 30.3 Å². The normalized spacial score (nSPS) is 18.7. The van der Waals surface area contributed by atoms with Crippen LogP contribution in [0.4, 0.5) is 0 Å². The molecule has 5 rings (SSSR count). The molecule has 8 nitrogen and oxygen atoms in total. The Morgan fingerprint density at radius 1 is 0.943 bits per heavy atom. The van der Waals surface area contributed by atoms with E-state index in [9.17, 15) is 30.3 Å². The van der Waals surface area contributed by atoms with E-state index in [2.05, 4.69) is 0 Å². The lowest BCUT2D eigenvalue weighted by molar-refractivity contribution is -0.339. The number of rotatable bonds is 5. The summed E-state index contributed by atoms with van der Waals surface area (Å²) in [6.07, 6.45) is -0.713. The number of aliphatic hydroxyl groups is 4. The number of carbonyl (C=O) groups is 1. The van der Waals surface area contributed by atoms with Crippen LogP contribution in [0.3, 0.4) is 0 Å². The zero-order chi connectivity index (χ0) is 25.0. The van der Waals surface area contributed by atoms with Gasteiger partial charge in [0, 0.05) is 31.0 Å². The molecule has 2 aliphatic rings. The van der Waals surface area contributed by atoms with Gasteiger partial charge in [-0.25, -0.2) is 0 Å². The fraction of sp³-hybridized carbons (Fsp3) is 0.269. The molecular formula is C26H24ClNO7. The smallest absolute Gasteiger partial charge is 0.254 e. The third kappa shape index (κ3) is 4.35. The van der Waals surface area contributed by atoms with Crippen LogP contribution in [0.1, 0.15) is 34.3 Å². The van der Waals surface area contributed by atoms with Crippen molar-refractivity contribution >= 4 is 17.5 Å². The highest BCUT2D eigenvalue weighted by atomic mass is 35.5. The van der Waals surface area contributed by atoms with Crippen LogP contribution in [-0.4, -0.2) is 54.0 Å². The molecule has 182 valence electrons. The van der Waals surface area contributed by atoms with Gasteiger partial charge in [0.2, 0.25) is 11.6 Å². The predicted octanol–water partition coefficient (Wildman–Crippen LogP) is 2.77. The van der Waals surface area contributed by atoms with Gasteiger partial charge in [-0.2, -0.15) is 0 Å². The lowest BCUT2D eigenvalue weighted by Crippen LogP contribution is -2.49. The highest BCUT2D eigenvalue weighted by molar-refractivity contribution is 6.32. The van der Waals surface area contributed by atoms with E-state index in [-0.39, 0.29) is 42.7 Å². The third-order valence-electron chi connectivity index (χ3n) is 6.64. The number of benzene rings is 3. The molecule has 0 unspecified atom stereocenters. The molecule has 3 aromatic rings. The van der Waals surface area contributed by atoms with E-state index < -0.39 is 17.6 Å². The first kappa shape index (κ1) is 23.6. The van der Waals surface area contributed by atoms with E-state index in [0.29, 0.717) is 16.9 Å². The number of hydrogen-bond donors (Lipinski definition) is 5. The van der Waals surface area contributed by atoms with Crippen molar-refractivity contribution in [3.8, 4) is 22.6 Å². The van der Waals surface area contributed by atoms with Crippen LogP contribution in [0, 0.1) is 0 Å². The first-order chi connectivity index (χ1) is 16.5. The lowest BCUT2D eigenvalue weighted by atomic mass is 10.0. The average Bonchev–Trinajstić information content (AvgIpc) is 3.25. The molecule has 1 aliphatic heterocycles. The van der Waals surface area contributed by atoms with Gasteiger partial charge in [-0.3, -0.25) is 4.79 Å². The lowest BCUT2D eigenvalue weighted by Gasteiger charge is -2.26. The largest absolute Gasteiger partial charge is 0.506 e. The van der Waals surface area contributed by atoms with Crippen LogP contribution in [0.5, 0.6) is 11.5 Å². The Hall–Kier alpha value is -3.14. The number of aromatic hydroxyl groups is 1. The van der Waals surface area contributed by atoms with Crippen molar-refractivity contribution in [2.45, 2.75) is 43.6 Å². The van der Waals surface area contributed by atoms with Gasteiger partial charge < -0.3 is 35.2 Å². The zero-order valence-corrected chi connectivity index (χ0v) is 19.3. The molecule has 9 heteroatoms. The number of fused-ring (bicyclic) bond motifs is 1. The molecule has 0 bridgehead atoms. The summed E-state index contributed by atoms with van der Waals surface area (Å²) in [4.78, 5) is 14.3. The second kappa shape index (κ2) is 8.51. The minimum atomic E-state index is -2.68. The summed E-state index contributed by atoms with van der Waals surface area (Å²) in [7, 11) is 0. The first-order valence-corrected chi connectivity index (χ1v) is 11.5.